The van der Waals surface area contributed by atoms with E-state index >= 15 is 0 Å². The van der Waals surface area contributed by atoms with E-state index in [9.17, 15) is 19.5 Å². The van der Waals surface area contributed by atoms with E-state index in [1.807, 2.05) is 0 Å². The molecule has 26 heavy (non-hydrogen) atoms. The SMILES string of the molecule is Nc1nc(/C(=N/O)C(=O)NC2C(=O)N3C4=C(CSC23)C(O)OC4=O)cs1. The Bertz CT molecular complexity index is 895. The first-order valence-electron chi connectivity index (χ1n) is 7.23. The number of esters is 1. The van der Waals surface area contributed by atoms with Crippen LogP contribution in [0.1, 0.15) is 5.69 Å². The number of hydrogen-bond acceptors (Lipinski definition) is 11. The van der Waals surface area contributed by atoms with Gasteiger partial charge in [0.25, 0.3) is 11.8 Å². The normalized spacial score (nSPS) is 27.7. The molecular weight excluding hydrogens is 386 g/mol. The van der Waals surface area contributed by atoms with Gasteiger partial charge in [-0.1, -0.05) is 5.16 Å². The largest absolute Gasteiger partial charge is 0.427 e. The molecule has 136 valence electrons. The summed E-state index contributed by atoms with van der Waals surface area (Å²) >= 11 is 2.34. The van der Waals surface area contributed by atoms with Crippen LogP contribution in [0, 0.1) is 0 Å². The third-order valence-electron chi connectivity index (χ3n) is 4.07. The number of nitrogen functional groups attached to an aromatic ring is 1. The van der Waals surface area contributed by atoms with Crippen molar-refractivity contribution >= 4 is 51.7 Å². The van der Waals surface area contributed by atoms with Crippen molar-refractivity contribution in [1.29, 1.82) is 0 Å². The summed E-state index contributed by atoms with van der Waals surface area (Å²) in [5.41, 5.74) is 5.57. The molecule has 0 bridgehead atoms. The lowest BCUT2D eigenvalue weighted by molar-refractivity contribution is -0.157. The van der Waals surface area contributed by atoms with E-state index in [2.05, 4.69) is 15.5 Å². The van der Waals surface area contributed by atoms with E-state index in [1.54, 1.807) is 0 Å². The van der Waals surface area contributed by atoms with E-state index in [0.29, 0.717) is 5.57 Å². The summed E-state index contributed by atoms with van der Waals surface area (Å²) in [6.07, 6.45) is -1.35. The van der Waals surface area contributed by atoms with Gasteiger partial charge in [-0.3, -0.25) is 14.5 Å². The maximum Gasteiger partial charge on any atom is 0.357 e. The number of thiazole rings is 1. The Hall–Kier alpha value is -2.64. The molecule has 3 unspecified atom stereocenters. The first-order chi connectivity index (χ1) is 12.4. The molecule has 1 saturated heterocycles. The second kappa shape index (κ2) is 5.96. The second-order valence-corrected chi connectivity index (χ2v) is 7.51. The maximum absolute atomic E-state index is 12.4. The predicted octanol–water partition coefficient (Wildman–Crippen LogP) is -1.57. The highest BCUT2D eigenvalue weighted by atomic mass is 32.2. The van der Waals surface area contributed by atoms with Crippen LogP contribution in [-0.2, 0) is 19.1 Å². The van der Waals surface area contributed by atoms with Crippen LogP contribution in [0.4, 0.5) is 5.13 Å². The molecule has 3 aliphatic rings. The molecule has 0 aliphatic carbocycles. The third-order valence-corrected chi connectivity index (χ3v) is 6.05. The van der Waals surface area contributed by atoms with Crippen molar-refractivity contribution in [2.24, 2.45) is 5.16 Å². The Morgan fingerprint density at radius 3 is 2.92 bits per heavy atom. The van der Waals surface area contributed by atoms with Crippen molar-refractivity contribution in [3.8, 4) is 0 Å². The molecule has 4 heterocycles. The van der Waals surface area contributed by atoms with Crippen LogP contribution in [0.2, 0.25) is 0 Å². The number of oxime groups is 1. The van der Waals surface area contributed by atoms with Gasteiger partial charge in [-0.05, 0) is 0 Å². The number of rotatable bonds is 3. The van der Waals surface area contributed by atoms with E-state index in [0.717, 1.165) is 11.3 Å². The fraction of sp³-hybridized carbons (Fsp3) is 0.308. The number of aliphatic hydroxyl groups is 1. The van der Waals surface area contributed by atoms with Gasteiger partial charge in [0.15, 0.2) is 10.8 Å². The quantitative estimate of drug-likeness (QED) is 0.155. The summed E-state index contributed by atoms with van der Waals surface area (Å²) in [5, 5.41) is 25.3. The molecule has 2 amide bonds. The number of amides is 2. The number of fused-ring (bicyclic) bond motifs is 2. The number of aromatic nitrogens is 1. The number of anilines is 1. The first-order valence-corrected chi connectivity index (χ1v) is 9.16. The van der Waals surface area contributed by atoms with Crippen molar-refractivity contribution in [2.45, 2.75) is 17.7 Å². The van der Waals surface area contributed by atoms with Gasteiger partial charge in [-0.2, -0.15) is 0 Å². The second-order valence-electron chi connectivity index (χ2n) is 5.51. The third kappa shape index (κ3) is 2.35. The number of ether oxygens (including phenoxy) is 1. The molecule has 4 rings (SSSR count). The number of carbonyl (C=O) groups excluding carboxylic acids is 3. The number of cyclic esters (lactones) is 1. The van der Waals surface area contributed by atoms with Crippen LogP contribution in [0.3, 0.4) is 0 Å². The zero-order valence-corrected chi connectivity index (χ0v) is 14.4. The van der Waals surface area contributed by atoms with Crippen LogP contribution in [0.15, 0.2) is 21.8 Å². The summed E-state index contributed by atoms with van der Waals surface area (Å²) in [4.78, 5) is 41.7. The molecule has 0 saturated carbocycles. The molecule has 3 atom stereocenters. The number of carbonyl (C=O) groups is 3. The fourth-order valence-electron chi connectivity index (χ4n) is 2.87. The van der Waals surface area contributed by atoms with Crippen molar-refractivity contribution in [2.75, 3.05) is 11.5 Å². The summed E-state index contributed by atoms with van der Waals surface area (Å²) in [5.74, 6) is -1.81. The smallest absolute Gasteiger partial charge is 0.357 e. The number of hydrogen-bond donors (Lipinski definition) is 4. The van der Waals surface area contributed by atoms with Crippen molar-refractivity contribution in [3.63, 3.8) is 0 Å². The van der Waals surface area contributed by atoms with Gasteiger partial charge in [0.2, 0.25) is 6.29 Å². The van der Waals surface area contributed by atoms with Crippen molar-refractivity contribution < 1.29 is 29.4 Å². The summed E-state index contributed by atoms with van der Waals surface area (Å²) in [6.45, 7) is 0. The van der Waals surface area contributed by atoms with E-state index in [1.165, 1.54) is 22.0 Å². The highest BCUT2D eigenvalue weighted by Crippen LogP contribution is 2.43. The van der Waals surface area contributed by atoms with Gasteiger partial charge in [-0.25, -0.2) is 9.78 Å². The van der Waals surface area contributed by atoms with Gasteiger partial charge < -0.3 is 26.1 Å². The Morgan fingerprint density at radius 2 is 2.27 bits per heavy atom. The molecule has 1 fully saturated rings. The Morgan fingerprint density at radius 1 is 1.50 bits per heavy atom. The molecule has 0 spiro atoms. The molecule has 0 radical (unpaired) electrons. The van der Waals surface area contributed by atoms with Crippen molar-refractivity contribution in [1.82, 2.24) is 15.2 Å². The molecule has 0 aromatic carbocycles. The zero-order chi connectivity index (χ0) is 18.6. The Labute approximate surface area is 153 Å². The highest BCUT2D eigenvalue weighted by Gasteiger charge is 2.57. The minimum Gasteiger partial charge on any atom is -0.427 e. The Balaban J connectivity index is 1.51. The molecule has 5 N–H and O–H groups in total. The molecule has 11 nitrogen and oxygen atoms in total. The van der Waals surface area contributed by atoms with E-state index < -0.39 is 35.5 Å². The van der Waals surface area contributed by atoms with Gasteiger partial charge >= 0.3 is 5.97 Å². The van der Waals surface area contributed by atoms with E-state index in [-0.39, 0.29) is 28.0 Å². The van der Waals surface area contributed by atoms with Crippen LogP contribution in [-0.4, -0.2) is 67.2 Å². The summed E-state index contributed by atoms with van der Waals surface area (Å²) in [7, 11) is 0. The van der Waals surface area contributed by atoms with Gasteiger partial charge in [-0.15, -0.1) is 23.1 Å². The number of aliphatic hydroxyl groups excluding tert-OH is 1. The zero-order valence-electron chi connectivity index (χ0n) is 12.8. The average Bonchev–Trinajstić information content (AvgIpc) is 3.15. The standard InChI is InChI=1S/C13H11N5O6S2/c14-13-15-4(2-26-13)5(17-23)8(19)16-6-9(20)18-7-3(1-25-10(6)18)11(21)24-12(7)22/h2,6,10-11,21,23H,1H2,(H2,14,15)(H,16,19)/b17-5-. The number of nitrogens with zero attached hydrogens (tertiary/aromatic N) is 3. The lowest BCUT2D eigenvalue weighted by Gasteiger charge is -2.48. The maximum atomic E-state index is 12.4. The van der Waals surface area contributed by atoms with Crippen LogP contribution in [0.25, 0.3) is 0 Å². The van der Waals surface area contributed by atoms with Gasteiger partial charge in [0.05, 0.1) is 0 Å². The molecule has 1 aromatic heterocycles. The molecule has 3 aliphatic heterocycles. The lowest BCUT2D eigenvalue weighted by Crippen LogP contribution is -2.70. The van der Waals surface area contributed by atoms with Crippen LogP contribution in [0.5, 0.6) is 0 Å². The first kappa shape index (κ1) is 16.8. The summed E-state index contributed by atoms with van der Waals surface area (Å²) in [6, 6.07) is -0.917. The van der Waals surface area contributed by atoms with Crippen LogP contribution >= 0.6 is 23.1 Å². The lowest BCUT2D eigenvalue weighted by atomic mass is 10.0. The Kier molecular flexibility index (Phi) is 3.86. The minimum atomic E-state index is -1.35. The number of thioether (sulfide) groups is 1. The molecular formula is C13H11N5O6S2. The summed E-state index contributed by atoms with van der Waals surface area (Å²) < 4.78 is 4.72. The van der Waals surface area contributed by atoms with E-state index in [4.69, 9.17) is 15.7 Å². The molecule has 13 heteroatoms. The predicted molar refractivity (Wildman–Crippen MR) is 89.0 cm³/mol. The highest BCUT2D eigenvalue weighted by molar-refractivity contribution is 8.00. The number of β-lactam (4-membered cyclic amide) rings is 1. The van der Waals surface area contributed by atoms with Crippen LogP contribution < -0.4 is 11.1 Å². The number of nitrogens with two attached hydrogens (primary N) is 1. The monoisotopic (exact) mass is 397 g/mol. The number of nitrogens with one attached hydrogen (secondary N) is 1. The van der Waals surface area contributed by atoms with Gasteiger partial charge in [0.1, 0.15) is 22.8 Å². The topological polar surface area (TPSA) is 167 Å². The molecule has 1 aromatic rings. The minimum absolute atomic E-state index is 0.0278. The van der Waals surface area contributed by atoms with Crippen molar-refractivity contribution in [3.05, 3.63) is 22.3 Å². The fourth-order valence-corrected chi connectivity index (χ4v) is 4.78. The van der Waals surface area contributed by atoms with Gasteiger partial charge in [0, 0.05) is 16.7 Å². The average molecular weight is 397 g/mol.